The first-order valence-corrected chi connectivity index (χ1v) is 4.26. The van der Waals surface area contributed by atoms with Gasteiger partial charge in [0.25, 0.3) is 11.8 Å². The second kappa shape index (κ2) is 3.78. The van der Waals surface area contributed by atoms with Gasteiger partial charge < -0.3 is 14.7 Å². The van der Waals surface area contributed by atoms with Crippen molar-refractivity contribution < 1.29 is 23.4 Å². The second-order valence-electron chi connectivity index (χ2n) is 3.38. The molecule has 82 valence electrons. The van der Waals surface area contributed by atoms with Gasteiger partial charge in [-0.3, -0.25) is 4.79 Å². The van der Waals surface area contributed by atoms with Crippen molar-refractivity contribution in [3.63, 3.8) is 0 Å². The summed E-state index contributed by atoms with van der Waals surface area (Å²) in [6, 6.07) is 0. The van der Waals surface area contributed by atoms with Crippen molar-refractivity contribution in [2.75, 3.05) is 20.2 Å². The van der Waals surface area contributed by atoms with Crippen LogP contribution in [0.15, 0.2) is 0 Å². The van der Waals surface area contributed by atoms with E-state index in [2.05, 4.69) is 4.74 Å². The number of rotatable bonds is 2. The molecule has 2 atom stereocenters. The number of aliphatic hydroxyl groups excluding tert-OH is 1. The molecule has 0 aromatic rings. The maximum atomic E-state index is 13.1. The van der Waals surface area contributed by atoms with Crippen LogP contribution in [0.2, 0.25) is 0 Å². The highest BCUT2D eigenvalue weighted by Gasteiger charge is 2.50. The first-order valence-electron chi connectivity index (χ1n) is 4.26. The van der Waals surface area contributed by atoms with Crippen LogP contribution in [0.1, 0.15) is 6.92 Å². The number of likely N-dealkylation sites (tertiary alicyclic amines) is 1. The lowest BCUT2D eigenvalue weighted by Gasteiger charge is -2.16. The van der Waals surface area contributed by atoms with E-state index in [9.17, 15) is 13.6 Å². The predicted molar refractivity (Wildman–Crippen MR) is 44.0 cm³/mol. The monoisotopic (exact) mass is 209 g/mol. The molecule has 1 saturated heterocycles. The van der Waals surface area contributed by atoms with Crippen LogP contribution in [0, 0.1) is 0 Å². The molecule has 1 N–H and O–H groups in total. The van der Waals surface area contributed by atoms with Gasteiger partial charge in [0, 0.05) is 7.11 Å². The van der Waals surface area contributed by atoms with E-state index in [1.807, 2.05) is 0 Å². The van der Waals surface area contributed by atoms with E-state index < -0.39 is 30.6 Å². The Bertz CT molecular complexity index is 233. The summed E-state index contributed by atoms with van der Waals surface area (Å²) in [6.45, 7) is 0.392. The molecule has 0 aliphatic carbocycles. The largest absolute Gasteiger partial charge is 0.384 e. The molecule has 0 bridgehead atoms. The molecule has 1 amide bonds. The smallest absolute Gasteiger partial charge is 0.292 e. The van der Waals surface area contributed by atoms with Gasteiger partial charge in [0.1, 0.15) is 12.2 Å². The summed E-state index contributed by atoms with van der Waals surface area (Å²) in [5.41, 5.74) is 0. The normalized spacial score (nSPS) is 27.8. The number of hydrogen-bond acceptors (Lipinski definition) is 3. The molecule has 0 spiro atoms. The number of halogens is 2. The Labute approximate surface area is 80.4 Å². The van der Waals surface area contributed by atoms with Crippen molar-refractivity contribution in [1.82, 2.24) is 4.90 Å². The van der Waals surface area contributed by atoms with Gasteiger partial charge in [-0.1, -0.05) is 0 Å². The number of methoxy groups -OCH3 is 1. The Morgan fingerprint density at radius 3 is 2.64 bits per heavy atom. The van der Waals surface area contributed by atoms with Crippen LogP contribution in [0.25, 0.3) is 0 Å². The molecule has 0 saturated carbocycles. The van der Waals surface area contributed by atoms with Gasteiger partial charge in [-0.15, -0.1) is 0 Å². The average molecular weight is 209 g/mol. The molecule has 1 aliphatic heterocycles. The maximum absolute atomic E-state index is 13.1. The third kappa shape index (κ3) is 2.01. The topological polar surface area (TPSA) is 49.8 Å². The fourth-order valence-corrected chi connectivity index (χ4v) is 1.43. The van der Waals surface area contributed by atoms with Gasteiger partial charge in [-0.05, 0) is 6.92 Å². The Balaban J connectivity index is 2.67. The summed E-state index contributed by atoms with van der Waals surface area (Å²) < 4.78 is 30.7. The molecule has 6 heteroatoms. The fraction of sp³-hybridized carbons (Fsp3) is 0.875. The van der Waals surface area contributed by atoms with Gasteiger partial charge in [0.05, 0.1) is 13.1 Å². The van der Waals surface area contributed by atoms with Crippen molar-refractivity contribution >= 4 is 5.91 Å². The van der Waals surface area contributed by atoms with E-state index in [1.165, 1.54) is 14.0 Å². The lowest BCUT2D eigenvalue weighted by Crippen LogP contribution is -2.37. The van der Waals surface area contributed by atoms with Gasteiger partial charge in [-0.25, -0.2) is 8.78 Å². The number of carbonyl (C=O) groups is 1. The summed E-state index contributed by atoms with van der Waals surface area (Å²) in [6.07, 6.45) is -2.52. The zero-order chi connectivity index (χ0) is 10.9. The van der Waals surface area contributed by atoms with Crippen molar-refractivity contribution in [2.24, 2.45) is 0 Å². The second-order valence-corrected chi connectivity index (χ2v) is 3.38. The van der Waals surface area contributed by atoms with E-state index in [4.69, 9.17) is 5.11 Å². The molecular formula is C8H13F2NO3. The summed E-state index contributed by atoms with van der Waals surface area (Å²) in [5.74, 6) is -3.72. The molecule has 0 aromatic carbocycles. The summed E-state index contributed by atoms with van der Waals surface area (Å²) >= 11 is 0. The Hall–Kier alpha value is -0.750. The lowest BCUT2D eigenvalue weighted by molar-refractivity contribution is -0.139. The fourth-order valence-electron chi connectivity index (χ4n) is 1.43. The van der Waals surface area contributed by atoms with Gasteiger partial charge >= 0.3 is 0 Å². The van der Waals surface area contributed by atoms with Crippen molar-refractivity contribution in [3.05, 3.63) is 0 Å². The molecule has 14 heavy (non-hydrogen) atoms. The minimum atomic E-state index is -3.03. The van der Waals surface area contributed by atoms with Crippen LogP contribution in [-0.4, -0.2) is 54.2 Å². The van der Waals surface area contributed by atoms with Crippen LogP contribution in [0.4, 0.5) is 8.78 Å². The zero-order valence-corrected chi connectivity index (χ0v) is 8.04. The molecule has 1 heterocycles. The van der Waals surface area contributed by atoms with E-state index in [0.717, 1.165) is 4.90 Å². The molecular weight excluding hydrogens is 196 g/mol. The van der Waals surface area contributed by atoms with E-state index in [-0.39, 0.29) is 6.54 Å². The van der Waals surface area contributed by atoms with E-state index >= 15 is 0 Å². The third-order valence-corrected chi connectivity index (χ3v) is 2.21. The average Bonchev–Trinajstić information content (AvgIpc) is 2.39. The van der Waals surface area contributed by atoms with E-state index in [0.29, 0.717) is 0 Å². The molecule has 4 nitrogen and oxygen atoms in total. The number of amides is 1. The Kier molecular flexibility index (Phi) is 3.06. The number of ether oxygens (including phenoxy) is 1. The number of aliphatic hydroxyl groups is 1. The summed E-state index contributed by atoms with van der Waals surface area (Å²) in [5, 5.41) is 8.93. The Morgan fingerprint density at radius 1 is 1.71 bits per heavy atom. The highest BCUT2D eigenvalue weighted by Crippen LogP contribution is 2.29. The summed E-state index contributed by atoms with van der Waals surface area (Å²) in [4.78, 5) is 12.1. The Morgan fingerprint density at radius 2 is 2.29 bits per heavy atom. The SMILES string of the molecule is COC1CN(C(=O)C(C)O)CC1(F)F. The van der Waals surface area contributed by atoms with Crippen LogP contribution in [0.3, 0.4) is 0 Å². The molecule has 1 rings (SSSR count). The van der Waals surface area contributed by atoms with Gasteiger partial charge in [-0.2, -0.15) is 0 Å². The molecule has 1 fully saturated rings. The number of carbonyl (C=O) groups excluding carboxylic acids is 1. The highest BCUT2D eigenvalue weighted by atomic mass is 19.3. The third-order valence-electron chi connectivity index (χ3n) is 2.21. The first kappa shape index (κ1) is 11.3. The molecule has 1 aliphatic rings. The van der Waals surface area contributed by atoms with Gasteiger partial charge in [0.2, 0.25) is 0 Å². The lowest BCUT2D eigenvalue weighted by atomic mass is 10.2. The zero-order valence-electron chi connectivity index (χ0n) is 8.04. The first-order chi connectivity index (χ1) is 6.38. The van der Waals surface area contributed by atoms with Crippen LogP contribution in [-0.2, 0) is 9.53 Å². The minimum absolute atomic E-state index is 0.173. The minimum Gasteiger partial charge on any atom is -0.384 e. The van der Waals surface area contributed by atoms with Crippen molar-refractivity contribution in [1.29, 1.82) is 0 Å². The summed E-state index contributed by atoms with van der Waals surface area (Å²) in [7, 11) is 1.18. The molecule has 2 unspecified atom stereocenters. The van der Waals surface area contributed by atoms with Crippen molar-refractivity contribution in [3.8, 4) is 0 Å². The predicted octanol–water partition coefficient (Wildman–Crippen LogP) is -0.140. The van der Waals surface area contributed by atoms with E-state index in [1.54, 1.807) is 0 Å². The standard InChI is InChI=1S/C8H13F2NO3/c1-5(12)7(13)11-3-6(14-2)8(9,10)4-11/h5-6,12H,3-4H2,1-2H3. The quantitative estimate of drug-likeness (QED) is 0.688. The van der Waals surface area contributed by atoms with Crippen LogP contribution in [0.5, 0.6) is 0 Å². The van der Waals surface area contributed by atoms with Gasteiger partial charge in [0.15, 0.2) is 0 Å². The molecule has 0 radical (unpaired) electrons. The number of alkyl halides is 2. The van der Waals surface area contributed by atoms with Crippen LogP contribution >= 0.6 is 0 Å². The molecule has 0 aromatic heterocycles. The maximum Gasteiger partial charge on any atom is 0.292 e. The number of nitrogens with zero attached hydrogens (tertiary/aromatic N) is 1. The van der Waals surface area contributed by atoms with Crippen molar-refractivity contribution in [2.45, 2.75) is 25.1 Å². The van der Waals surface area contributed by atoms with Crippen LogP contribution < -0.4 is 0 Å². The highest BCUT2D eigenvalue weighted by molar-refractivity contribution is 5.80. The number of hydrogen-bond donors (Lipinski definition) is 1.